The number of halogens is 1. The van der Waals surface area contributed by atoms with E-state index < -0.39 is 0 Å². The van der Waals surface area contributed by atoms with Crippen LogP contribution in [0.25, 0.3) is 0 Å². The first-order valence-corrected chi connectivity index (χ1v) is 7.57. The van der Waals surface area contributed by atoms with Crippen molar-refractivity contribution in [2.24, 2.45) is 0 Å². The van der Waals surface area contributed by atoms with Crippen LogP contribution < -0.4 is 0 Å². The Kier molecular flexibility index (Phi) is 5.05. The molecule has 0 aromatic heterocycles. The second kappa shape index (κ2) is 6.55. The summed E-state index contributed by atoms with van der Waals surface area (Å²) in [4.78, 5) is 2.62. The number of unbranched alkanes of at least 4 members (excludes halogenated alkanes) is 1. The molecule has 1 saturated heterocycles. The highest BCUT2D eigenvalue weighted by Crippen LogP contribution is 2.32. The number of hydrogen-bond acceptors (Lipinski definition) is 1. The van der Waals surface area contributed by atoms with Gasteiger partial charge in [0, 0.05) is 4.47 Å². The van der Waals surface area contributed by atoms with E-state index in [0.29, 0.717) is 0 Å². The predicted molar refractivity (Wildman–Crippen MR) is 77.5 cm³/mol. The molecule has 2 rings (SSSR count). The molecule has 0 unspecified atom stereocenters. The van der Waals surface area contributed by atoms with Gasteiger partial charge in [-0.3, -0.25) is 0 Å². The van der Waals surface area contributed by atoms with E-state index in [1.807, 2.05) is 0 Å². The molecule has 17 heavy (non-hydrogen) atoms. The molecule has 1 aromatic rings. The summed E-state index contributed by atoms with van der Waals surface area (Å²) >= 11 is 3.68. The smallest absolute Gasteiger partial charge is 0.0210 e. The molecule has 0 saturated carbocycles. The topological polar surface area (TPSA) is 3.24 Å². The number of rotatable bonds is 4. The Bertz CT molecular complexity index is 343. The van der Waals surface area contributed by atoms with Crippen LogP contribution >= 0.6 is 15.9 Å². The molecule has 0 atom stereocenters. The molecule has 0 bridgehead atoms. The number of likely N-dealkylation sites (tertiary alicyclic amines) is 1. The monoisotopic (exact) mass is 295 g/mol. The van der Waals surface area contributed by atoms with Crippen LogP contribution in [0.5, 0.6) is 0 Å². The molecule has 0 aliphatic carbocycles. The van der Waals surface area contributed by atoms with E-state index in [1.165, 1.54) is 55.4 Å². The summed E-state index contributed by atoms with van der Waals surface area (Å²) in [5, 5.41) is 0. The SMILES string of the molecule is CCCCN1CCC(c2ccccc2Br)CC1. The Morgan fingerprint density at radius 1 is 1.24 bits per heavy atom. The third-order valence-electron chi connectivity index (χ3n) is 3.76. The van der Waals surface area contributed by atoms with Gasteiger partial charge in [0.25, 0.3) is 0 Å². The Balaban J connectivity index is 1.89. The van der Waals surface area contributed by atoms with Gasteiger partial charge in [0.15, 0.2) is 0 Å². The number of nitrogens with zero attached hydrogens (tertiary/aromatic N) is 1. The molecule has 1 heterocycles. The lowest BCUT2D eigenvalue weighted by Crippen LogP contribution is -2.33. The third kappa shape index (κ3) is 3.56. The third-order valence-corrected chi connectivity index (χ3v) is 4.48. The maximum atomic E-state index is 3.68. The molecule has 94 valence electrons. The molecule has 1 aliphatic heterocycles. The van der Waals surface area contributed by atoms with Crippen LogP contribution in [0.1, 0.15) is 44.1 Å². The minimum absolute atomic E-state index is 0.753. The van der Waals surface area contributed by atoms with Crippen molar-refractivity contribution in [3.63, 3.8) is 0 Å². The van der Waals surface area contributed by atoms with Gasteiger partial charge < -0.3 is 4.90 Å². The first kappa shape index (κ1) is 13.1. The van der Waals surface area contributed by atoms with Gasteiger partial charge in [-0.25, -0.2) is 0 Å². The summed E-state index contributed by atoms with van der Waals surface area (Å²) in [5.74, 6) is 0.753. The average Bonchev–Trinajstić information content (AvgIpc) is 2.38. The van der Waals surface area contributed by atoms with Gasteiger partial charge >= 0.3 is 0 Å². The van der Waals surface area contributed by atoms with E-state index in [0.717, 1.165) is 5.92 Å². The van der Waals surface area contributed by atoms with Crippen LogP contribution in [0.2, 0.25) is 0 Å². The van der Waals surface area contributed by atoms with Crippen molar-refractivity contribution >= 4 is 15.9 Å². The second-order valence-electron chi connectivity index (χ2n) is 4.99. The molecule has 1 nitrogen and oxygen atoms in total. The summed E-state index contributed by atoms with van der Waals surface area (Å²) in [7, 11) is 0. The maximum Gasteiger partial charge on any atom is 0.0210 e. The van der Waals surface area contributed by atoms with Crippen molar-refractivity contribution in [1.29, 1.82) is 0 Å². The Morgan fingerprint density at radius 3 is 2.59 bits per heavy atom. The highest BCUT2D eigenvalue weighted by atomic mass is 79.9. The van der Waals surface area contributed by atoms with E-state index in [2.05, 4.69) is 52.0 Å². The van der Waals surface area contributed by atoms with Crippen LogP contribution in [0.3, 0.4) is 0 Å². The molecular formula is C15H22BrN. The molecule has 1 aliphatic rings. The molecule has 0 N–H and O–H groups in total. The quantitative estimate of drug-likeness (QED) is 0.794. The van der Waals surface area contributed by atoms with Gasteiger partial charge in [-0.2, -0.15) is 0 Å². The lowest BCUT2D eigenvalue weighted by molar-refractivity contribution is 0.209. The minimum Gasteiger partial charge on any atom is -0.303 e. The summed E-state index contributed by atoms with van der Waals surface area (Å²) in [6.45, 7) is 6.10. The van der Waals surface area contributed by atoms with E-state index in [1.54, 1.807) is 0 Å². The van der Waals surface area contributed by atoms with Crippen molar-refractivity contribution in [3.05, 3.63) is 34.3 Å². The highest BCUT2D eigenvalue weighted by molar-refractivity contribution is 9.10. The molecule has 1 fully saturated rings. The van der Waals surface area contributed by atoms with Gasteiger partial charge in [-0.05, 0) is 56.4 Å². The fraction of sp³-hybridized carbons (Fsp3) is 0.600. The summed E-state index contributed by atoms with van der Waals surface area (Å²) in [5.41, 5.74) is 1.50. The largest absolute Gasteiger partial charge is 0.303 e. The molecule has 0 amide bonds. The number of benzene rings is 1. The lowest BCUT2D eigenvalue weighted by Gasteiger charge is -2.32. The number of piperidine rings is 1. The molecule has 0 spiro atoms. The van der Waals surface area contributed by atoms with Crippen LogP contribution in [0.15, 0.2) is 28.7 Å². The summed E-state index contributed by atoms with van der Waals surface area (Å²) in [6, 6.07) is 8.70. The van der Waals surface area contributed by atoms with E-state index in [-0.39, 0.29) is 0 Å². The van der Waals surface area contributed by atoms with Gasteiger partial charge in [-0.15, -0.1) is 0 Å². The van der Waals surface area contributed by atoms with Gasteiger partial charge in [-0.1, -0.05) is 47.5 Å². The zero-order valence-corrected chi connectivity index (χ0v) is 12.2. The standard InChI is InChI=1S/C15H22BrN/c1-2-3-10-17-11-8-13(9-12-17)14-6-4-5-7-15(14)16/h4-7,13H,2-3,8-12H2,1H3. The van der Waals surface area contributed by atoms with Crippen molar-refractivity contribution in [2.45, 2.75) is 38.5 Å². The lowest BCUT2D eigenvalue weighted by atomic mass is 9.89. The fourth-order valence-corrected chi connectivity index (χ4v) is 3.26. The summed E-state index contributed by atoms with van der Waals surface area (Å²) < 4.78 is 1.28. The van der Waals surface area contributed by atoms with Crippen molar-refractivity contribution in [2.75, 3.05) is 19.6 Å². The fourth-order valence-electron chi connectivity index (χ4n) is 2.66. The molecule has 2 heteroatoms. The zero-order chi connectivity index (χ0) is 12.1. The van der Waals surface area contributed by atoms with Crippen LogP contribution in [-0.4, -0.2) is 24.5 Å². The Morgan fingerprint density at radius 2 is 1.94 bits per heavy atom. The van der Waals surface area contributed by atoms with E-state index in [4.69, 9.17) is 0 Å². The van der Waals surface area contributed by atoms with Crippen molar-refractivity contribution in [3.8, 4) is 0 Å². The van der Waals surface area contributed by atoms with Crippen molar-refractivity contribution in [1.82, 2.24) is 4.90 Å². The molecule has 0 radical (unpaired) electrons. The Labute approximate surface area is 113 Å². The zero-order valence-electron chi connectivity index (χ0n) is 10.7. The van der Waals surface area contributed by atoms with Gasteiger partial charge in [0.2, 0.25) is 0 Å². The first-order chi connectivity index (χ1) is 8.31. The molecule has 1 aromatic carbocycles. The normalized spacial score (nSPS) is 18.5. The van der Waals surface area contributed by atoms with Crippen molar-refractivity contribution < 1.29 is 0 Å². The highest BCUT2D eigenvalue weighted by Gasteiger charge is 2.21. The van der Waals surface area contributed by atoms with Crippen LogP contribution in [-0.2, 0) is 0 Å². The average molecular weight is 296 g/mol. The molecular weight excluding hydrogens is 274 g/mol. The van der Waals surface area contributed by atoms with Crippen LogP contribution in [0.4, 0.5) is 0 Å². The second-order valence-corrected chi connectivity index (χ2v) is 5.85. The van der Waals surface area contributed by atoms with E-state index >= 15 is 0 Å². The van der Waals surface area contributed by atoms with Crippen LogP contribution in [0, 0.1) is 0 Å². The van der Waals surface area contributed by atoms with Gasteiger partial charge in [0.05, 0.1) is 0 Å². The Hall–Kier alpha value is -0.340. The number of hydrogen-bond donors (Lipinski definition) is 0. The van der Waals surface area contributed by atoms with Gasteiger partial charge in [0.1, 0.15) is 0 Å². The first-order valence-electron chi connectivity index (χ1n) is 6.78. The minimum atomic E-state index is 0.753. The maximum absolute atomic E-state index is 3.68. The van der Waals surface area contributed by atoms with E-state index in [9.17, 15) is 0 Å². The summed E-state index contributed by atoms with van der Waals surface area (Å²) in [6.07, 6.45) is 5.28. The predicted octanol–water partition coefficient (Wildman–Crippen LogP) is 4.43.